The topological polar surface area (TPSA) is 55.3 Å². The van der Waals surface area contributed by atoms with Gasteiger partial charge in [0, 0.05) is 31.8 Å². The number of ether oxygens (including phenoxy) is 1. The highest BCUT2D eigenvalue weighted by Gasteiger charge is 2.10. The molecule has 22 heavy (non-hydrogen) atoms. The summed E-state index contributed by atoms with van der Waals surface area (Å²) in [4.78, 5) is 12.0. The van der Waals surface area contributed by atoms with E-state index in [1.165, 1.54) is 0 Å². The van der Waals surface area contributed by atoms with Crippen molar-refractivity contribution in [3.8, 4) is 0 Å². The quantitative estimate of drug-likeness (QED) is 0.823. The van der Waals surface area contributed by atoms with Gasteiger partial charge in [-0.3, -0.25) is 0 Å². The number of amides is 2. The second-order valence-corrected chi connectivity index (χ2v) is 5.81. The molecule has 0 saturated heterocycles. The SMILES string of the molecule is COCCn1cc(NC(=O)NCCC(C)C)c2ccccc21. The monoisotopic (exact) mass is 303 g/mol. The first kappa shape index (κ1) is 16.4. The summed E-state index contributed by atoms with van der Waals surface area (Å²) in [5, 5.41) is 6.88. The van der Waals surface area contributed by atoms with Crippen LogP contribution in [-0.2, 0) is 11.3 Å². The van der Waals surface area contributed by atoms with E-state index >= 15 is 0 Å². The van der Waals surface area contributed by atoms with Crippen LogP contribution in [0.25, 0.3) is 10.9 Å². The Morgan fingerprint density at radius 1 is 1.32 bits per heavy atom. The first-order valence-corrected chi connectivity index (χ1v) is 7.73. The lowest BCUT2D eigenvalue weighted by molar-refractivity contribution is 0.188. The van der Waals surface area contributed by atoms with E-state index in [9.17, 15) is 4.79 Å². The van der Waals surface area contributed by atoms with Crippen molar-refractivity contribution >= 4 is 22.6 Å². The molecule has 0 bridgehead atoms. The summed E-state index contributed by atoms with van der Waals surface area (Å²) in [6.07, 6.45) is 2.94. The zero-order valence-electron chi connectivity index (χ0n) is 13.6. The third-order valence-electron chi connectivity index (χ3n) is 3.58. The maximum Gasteiger partial charge on any atom is 0.319 e. The predicted molar refractivity (Wildman–Crippen MR) is 90.3 cm³/mol. The summed E-state index contributed by atoms with van der Waals surface area (Å²) in [7, 11) is 1.69. The molecule has 0 aliphatic rings. The van der Waals surface area contributed by atoms with Gasteiger partial charge in [-0.25, -0.2) is 4.79 Å². The number of fused-ring (bicyclic) bond motifs is 1. The van der Waals surface area contributed by atoms with Gasteiger partial charge in [0.1, 0.15) is 0 Å². The molecule has 2 N–H and O–H groups in total. The summed E-state index contributed by atoms with van der Waals surface area (Å²) in [6.45, 7) is 6.37. The second kappa shape index (κ2) is 7.84. The average Bonchev–Trinajstić information content (AvgIpc) is 2.83. The molecule has 0 fully saturated rings. The first-order valence-electron chi connectivity index (χ1n) is 7.73. The number of nitrogens with one attached hydrogen (secondary N) is 2. The lowest BCUT2D eigenvalue weighted by atomic mass is 10.1. The van der Waals surface area contributed by atoms with Gasteiger partial charge in [0.15, 0.2) is 0 Å². The normalized spacial score (nSPS) is 11.1. The van der Waals surface area contributed by atoms with Gasteiger partial charge < -0.3 is 19.9 Å². The molecule has 0 aliphatic carbocycles. The highest BCUT2D eigenvalue weighted by atomic mass is 16.5. The molecule has 0 unspecified atom stereocenters. The molecule has 1 heterocycles. The molecule has 0 atom stereocenters. The number of rotatable bonds is 7. The molecule has 5 nitrogen and oxygen atoms in total. The number of hydrogen-bond acceptors (Lipinski definition) is 2. The number of nitrogens with zero attached hydrogens (tertiary/aromatic N) is 1. The van der Waals surface area contributed by atoms with E-state index in [1.807, 2.05) is 30.5 Å². The number of aromatic nitrogens is 1. The van der Waals surface area contributed by atoms with E-state index in [4.69, 9.17) is 4.74 Å². The zero-order chi connectivity index (χ0) is 15.9. The van der Waals surface area contributed by atoms with E-state index in [0.717, 1.165) is 29.6 Å². The second-order valence-electron chi connectivity index (χ2n) is 5.81. The number of methoxy groups -OCH3 is 1. The maximum atomic E-state index is 12.0. The van der Waals surface area contributed by atoms with Gasteiger partial charge in [-0.1, -0.05) is 32.0 Å². The zero-order valence-corrected chi connectivity index (χ0v) is 13.6. The number of carbonyl (C=O) groups is 1. The van der Waals surface area contributed by atoms with Gasteiger partial charge in [-0.05, 0) is 18.4 Å². The van der Waals surface area contributed by atoms with Gasteiger partial charge in [0.25, 0.3) is 0 Å². The van der Waals surface area contributed by atoms with Crippen molar-refractivity contribution in [1.29, 1.82) is 0 Å². The molecule has 0 aliphatic heterocycles. The van der Waals surface area contributed by atoms with Crippen molar-refractivity contribution in [2.45, 2.75) is 26.8 Å². The largest absolute Gasteiger partial charge is 0.383 e. The number of carbonyl (C=O) groups excluding carboxylic acids is 1. The molecule has 2 amide bonds. The molecule has 120 valence electrons. The smallest absolute Gasteiger partial charge is 0.319 e. The van der Waals surface area contributed by atoms with Crippen LogP contribution in [0.1, 0.15) is 20.3 Å². The molecule has 1 aromatic heterocycles. The molecular weight excluding hydrogens is 278 g/mol. The van der Waals surface area contributed by atoms with Crippen molar-refractivity contribution in [1.82, 2.24) is 9.88 Å². The van der Waals surface area contributed by atoms with Crippen LogP contribution in [0, 0.1) is 5.92 Å². The Morgan fingerprint density at radius 3 is 2.82 bits per heavy atom. The van der Waals surface area contributed by atoms with E-state index < -0.39 is 0 Å². The Kier molecular flexibility index (Phi) is 5.83. The lowest BCUT2D eigenvalue weighted by Crippen LogP contribution is -2.30. The standard InChI is InChI=1S/C17H25N3O2/c1-13(2)8-9-18-17(21)19-15-12-20(10-11-22-3)16-7-5-4-6-14(15)16/h4-7,12-13H,8-11H2,1-3H3,(H2,18,19,21). The summed E-state index contributed by atoms with van der Waals surface area (Å²) < 4.78 is 7.24. The van der Waals surface area contributed by atoms with Gasteiger partial charge in [-0.15, -0.1) is 0 Å². The summed E-state index contributed by atoms with van der Waals surface area (Å²) >= 11 is 0. The lowest BCUT2D eigenvalue weighted by Gasteiger charge is -2.08. The Hall–Kier alpha value is -2.01. The van der Waals surface area contributed by atoms with Crippen molar-refractivity contribution in [3.63, 3.8) is 0 Å². The highest BCUT2D eigenvalue weighted by Crippen LogP contribution is 2.25. The minimum absolute atomic E-state index is 0.157. The van der Waals surface area contributed by atoms with Gasteiger partial charge in [-0.2, -0.15) is 0 Å². The van der Waals surface area contributed by atoms with Crippen molar-refractivity contribution < 1.29 is 9.53 Å². The molecular formula is C17H25N3O2. The van der Waals surface area contributed by atoms with Crippen LogP contribution < -0.4 is 10.6 Å². The third-order valence-corrected chi connectivity index (χ3v) is 3.58. The summed E-state index contributed by atoms with van der Waals surface area (Å²) in [5.41, 5.74) is 1.92. The van der Waals surface area contributed by atoms with E-state index in [-0.39, 0.29) is 6.03 Å². The van der Waals surface area contributed by atoms with Crippen LogP contribution in [0.2, 0.25) is 0 Å². The van der Waals surface area contributed by atoms with Crippen molar-refractivity contribution in [2.75, 3.05) is 25.6 Å². The molecule has 0 radical (unpaired) electrons. The molecule has 2 rings (SSSR count). The minimum atomic E-state index is -0.157. The van der Waals surface area contributed by atoms with Crippen LogP contribution in [0.4, 0.5) is 10.5 Å². The summed E-state index contributed by atoms with van der Waals surface area (Å²) in [5.74, 6) is 0.580. The predicted octanol–water partition coefficient (Wildman–Crippen LogP) is 3.46. The Balaban J connectivity index is 2.08. The fourth-order valence-corrected chi connectivity index (χ4v) is 2.36. The van der Waals surface area contributed by atoms with Gasteiger partial charge in [0.05, 0.1) is 17.8 Å². The number of para-hydroxylation sites is 1. The Labute approximate surface area is 131 Å². The van der Waals surface area contributed by atoms with Gasteiger partial charge in [0.2, 0.25) is 0 Å². The van der Waals surface area contributed by atoms with Crippen LogP contribution in [-0.4, -0.2) is 30.9 Å². The van der Waals surface area contributed by atoms with Crippen molar-refractivity contribution in [2.24, 2.45) is 5.92 Å². The maximum absolute atomic E-state index is 12.0. The highest BCUT2D eigenvalue weighted by molar-refractivity contribution is 6.01. The number of hydrogen-bond donors (Lipinski definition) is 2. The molecule has 0 saturated carbocycles. The first-order chi connectivity index (χ1) is 10.6. The van der Waals surface area contributed by atoms with Crippen LogP contribution in [0.3, 0.4) is 0 Å². The van der Waals surface area contributed by atoms with Crippen LogP contribution >= 0.6 is 0 Å². The molecule has 0 spiro atoms. The number of anilines is 1. The van der Waals surface area contributed by atoms with E-state index in [1.54, 1.807) is 7.11 Å². The fraction of sp³-hybridized carbons (Fsp3) is 0.471. The van der Waals surface area contributed by atoms with Gasteiger partial charge >= 0.3 is 6.03 Å². The Bertz CT molecular complexity index is 619. The number of benzene rings is 1. The third kappa shape index (κ3) is 4.24. The minimum Gasteiger partial charge on any atom is -0.383 e. The molecule has 2 aromatic rings. The van der Waals surface area contributed by atoms with Crippen molar-refractivity contribution in [3.05, 3.63) is 30.5 Å². The molecule has 5 heteroatoms. The van der Waals surface area contributed by atoms with Crippen LogP contribution in [0.5, 0.6) is 0 Å². The summed E-state index contributed by atoms with van der Waals surface area (Å²) in [6, 6.07) is 7.88. The fourth-order valence-electron chi connectivity index (χ4n) is 2.36. The average molecular weight is 303 g/mol. The number of urea groups is 1. The Morgan fingerprint density at radius 2 is 2.09 bits per heavy atom. The van der Waals surface area contributed by atoms with E-state index in [0.29, 0.717) is 19.1 Å². The van der Waals surface area contributed by atoms with Crippen LogP contribution in [0.15, 0.2) is 30.5 Å². The molecule has 1 aromatic carbocycles. The van der Waals surface area contributed by atoms with E-state index in [2.05, 4.69) is 29.0 Å².